The predicted octanol–water partition coefficient (Wildman–Crippen LogP) is 2.21. The minimum atomic E-state index is 0.0386. The van der Waals surface area contributed by atoms with Crippen LogP contribution in [0.15, 0.2) is 29.3 Å². The summed E-state index contributed by atoms with van der Waals surface area (Å²) in [4.78, 5) is 4.15. The fraction of sp³-hybridized carbons (Fsp3) is 0.417. The van der Waals surface area contributed by atoms with Crippen LogP contribution < -0.4 is 10.5 Å². The van der Waals surface area contributed by atoms with E-state index in [1.54, 1.807) is 6.07 Å². The first kappa shape index (κ1) is 12.0. The highest BCUT2D eigenvalue weighted by atomic mass is 35.5. The van der Waals surface area contributed by atoms with E-state index in [0.717, 1.165) is 12.2 Å². The van der Waals surface area contributed by atoms with Crippen molar-refractivity contribution < 1.29 is 9.47 Å². The zero-order chi connectivity index (χ0) is 12.3. The van der Waals surface area contributed by atoms with Crippen LogP contribution in [0.25, 0.3) is 0 Å². The molecule has 1 unspecified atom stereocenters. The first-order valence-electron chi connectivity index (χ1n) is 5.52. The molecule has 1 aromatic carbocycles. The number of ether oxygens (including phenoxy) is 2. The van der Waals surface area contributed by atoms with E-state index < -0.39 is 0 Å². The molecule has 0 saturated carbocycles. The van der Waals surface area contributed by atoms with Crippen molar-refractivity contribution in [2.24, 2.45) is 10.7 Å². The maximum atomic E-state index is 5.88. The molecule has 5 heteroatoms. The monoisotopic (exact) mass is 254 g/mol. The molecular weight excluding hydrogens is 240 g/mol. The summed E-state index contributed by atoms with van der Waals surface area (Å²) in [6.07, 6.45) is 0.810. The molecule has 0 saturated heterocycles. The molecule has 92 valence electrons. The first-order chi connectivity index (χ1) is 8.13. The number of hydrogen-bond donors (Lipinski definition) is 1. The molecule has 1 aromatic rings. The molecule has 2 rings (SSSR count). The number of halogens is 1. The Balaban J connectivity index is 1.87. The van der Waals surface area contributed by atoms with Crippen molar-refractivity contribution in [1.29, 1.82) is 0 Å². The molecule has 4 nitrogen and oxygen atoms in total. The number of nitrogens with two attached hydrogens (primary N) is 1. The molecule has 0 aromatic heterocycles. The van der Waals surface area contributed by atoms with E-state index in [0.29, 0.717) is 11.6 Å². The van der Waals surface area contributed by atoms with Crippen molar-refractivity contribution in [3.63, 3.8) is 0 Å². The van der Waals surface area contributed by atoms with Crippen LogP contribution in [0.5, 0.6) is 5.75 Å². The van der Waals surface area contributed by atoms with Gasteiger partial charge in [-0.05, 0) is 25.1 Å². The van der Waals surface area contributed by atoms with Crippen LogP contribution in [0.1, 0.15) is 13.3 Å². The second-order valence-corrected chi connectivity index (χ2v) is 4.49. The van der Waals surface area contributed by atoms with Crippen molar-refractivity contribution in [2.75, 3.05) is 6.61 Å². The predicted molar refractivity (Wildman–Crippen MR) is 67.5 cm³/mol. The zero-order valence-electron chi connectivity index (χ0n) is 9.60. The Bertz CT molecular complexity index is 423. The van der Waals surface area contributed by atoms with Crippen molar-refractivity contribution in [3.05, 3.63) is 29.3 Å². The zero-order valence-corrected chi connectivity index (χ0v) is 10.4. The average molecular weight is 255 g/mol. The quantitative estimate of drug-likeness (QED) is 0.896. The number of nitrogens with zero attached hydrogens (tertiary/aromatic N) is 1. The van der Waals surface area contributed by atoms with Crippen LogP contribution >= 0.6 is 11.6 Å². The topological polar surface area (TPSA) is 56.8 Å². The van der Waals surface area contributed by atoms with Gasteiger partial charge in [-0.15, -0.1) is 0 Å². The van der Waals surface area contributed by atoms with Gasteiger partial charge in [0.1, 0.15) is 12.4 Å². The maximum absolute atomic E-state index is 5.88. The molecule has 1 aliphatic heterocycles. The fourth-order valence-electron chi connectivity index (χ4n) is 1.76. The summed E-state index contributed by atoms with van der Waals surface area (Å²) in [7, 11) is 0. The van der Waals surface area contributed by atoms with Gasteiger partial charge in [0.05, 0.1) is 12.1 Å². The Morgan fingerprint density at radius 1 is 1.65 bits per heavy atom. The Morgan fingerprint density at radius 2 is 2.47 bits per heavy atom. The summed E-state index contributed by atoms with van der Waals surface area (Å²) < 4.78 is 10.8. The van der Waals surface area contributed by atoms with Crippen LogP contribution in [0, 0.1) is 0 Å². The third-order valence-corrected chi connectivity index (χ3v) is 2.71. The molecule has 0 bridgehead atoms. The number of hydrogen-bond acceptors (Lipinski definition) is 4. The lowest BCUT2D eigenvalue weighted by atomic mass is 10.1. The highest BCUT2D eigenvalue weighted by Gasteiger charge is 2.20. The standard InChI is InChI=1S/C12H15ClN2O2/c1-8(5-10-7-16-12(14)15-10)17-11-4-2-3-9(13)6-11/h2-4,6,8,10H,5,7H2,1H3,(H2,14,15)/t8-,10?/m0/s1. The van der Waals surface area contributed by atoms with E-state index in [1.807, 2.05) is 25.1 Å². The summed E-state index contributed by atoms with van der Waals surface area (Å²) in [5.41, 5.74) is 5.44. The minimum absolute atomic E-state index is 0.0386. The molecule has 1 aliphatic rings. The second-order valence-electron chi connectivity index (χ2n) is 4.05. The number of rotatable bonds is 4. The minimum Gasteiger partial charge on any atom is -0.491 e. The van der Waals surface area contributed by atoms with Crippen LogP contribution in [0.2, 0.25) is 5.02 Å². The molecular formula is C12H15ClN2O2. The molecule has 0 amide bonds. The number of benzene rings is 1. The van der Waals surface area contributed by atoms with Gasteiger partial charge >= 0.3 is 0 Å². The molecule has 17 heavy (non-hydrogen) atoms. The van der Waals surface area contributed by atoms with Gasteiger partial charge in [-0.1, -0.05) is 17.7 Å². The highest BCUT2D eigenvalue weighted by molar-refractivity contribution is 6.30. The van der Waals surface area contributed by atoms with Crippen molar-refractivity contribution in [1.82, 2.24) is 0 Å². The van der Waals surface area contributed by atoms with Crippen LogP contribution in [0.4, 0.5) is 0 Å². The summed E-state index contributed by atoms with van der Waals surface area (Å²) in [6.45, 7) is 2.53. The van der Waals surface area contributed by atoms with Crippen molar-refractivity contribution in [3.8, 4) is 5.75 Å². The summed E-state index contributed by atoms with van der Waals surface area (Å²) in [5, 5.41) is 0.668. The highest BCUT2D eigenvalue weighted by Crippen LogP contribution is 2.20. The van der Waals surface area contributed by atoms with Gasteiger partial charge in [0.15, 0.2) is 0 Å². The summed E-state index contributed by atoms with van der Waals surface area (Å²) in [6, 6.07) is 7.70. The Kier molecular flexibility index (Phi) is 3.74. The SMILES string of the molecule is C[C@@H](CC1COC(N)=N1)Oc1cccc(Cl)c1. The number of amidine groups is 1. The normalized spacial score (nSPS) is 20.6. The molecule has 0 spiro atoms. The van der Waals surface area contributed by atoms with E-state index in [1.165, 1.54) is 0 Å². The van der Waals surface area contributed by atoms with E-state index in [-0.39, 0.29) is 18.2 Å². The fourth-order valence-corrected chi connectivity index (χ4v) is 1.94. The number of aliphatic imine (C=N–C) groups is 1. The van der Waals surface area contributed by atoms with E-state index in [9.17, 15) is 0 Å². The van der Waals surface area contributed by atoms with Gasteiger partial charge in [0.25, 0.3) is 6.02 Å². The van der Waals surface area contributed by atoms with E-state index in [2.05, 4.69) is 4.99 Å². The maximum Gasteiger partial charge on any atom is 0.282 e. The van der Waals surface area contributed by atoms with Gasteiger partial charge in [-0.3, -0.25) is 0 Å². The van der Waals surface area contributed by atoms with Gasteiger partial charge < -0.3 is 15.2 Å². The summed E-state index contributed by atoms with van der Waals surface area (Å²) in [5.74, 6) is 0.765. The van der Waals surface area contributed by atoms with Gasteiger partial charge in [-0.25, -0.2) is 4.99 Å². The molecule has 0 fully saturated rings. The lowest BCUT2D eigenvalue weighted by molar-refractivity contribution is 0.189. The van der Waals surface area contributed by atoms with Crippen molar-refractivity contribution >= 4 is 17.6 Å². The Labute approximate surface area is 105 Å². The smallest absolute Gasteiger partial charge is 0.282 e. The third kappa shape index (κ3) is 3.53. The molecule has 0 aliphatic carbocycles. The molecule has 0 radical (unpaired) electrons. The summed E-state index contributed by atoms with van der Waals surface area (Å²) >= 11 is 5.88. The third-order valence-electron chi connectivity index (χ3n) is 2.47. The van der Waals surface area contributed by atoms with Gasteiger partial charge in [0, 0.05) is 11.4 Å². The van der Waals surface area contributed by atoms with E-state index >= 15 is 0 Å². The largest absolute Gasteiger partial charge is 0.491 e. The van der Waals surface area contributed by atoms with E-state index in [4.69, 9.17) is 26.8 Å². The first-order valence-corrected chi connectivity index (χ1v) is 5.89. The van der Waals surface area contributed by atoms with Gasteiger partial charge in [0.2, 0.25) is 0 Å². The average Bonchev–Trinajstić information content (AvgIpc) is 2.63. The second kappa shape index (κ2) is 5.27. The molecule has 2 atom stereocenters. The molecule has 2 N–H and O–H groups in total. The molecule has 1 heterocycles. The Morgan fingerprint density at radius 3 is 3.12 bits per heavy atom. The van der Waals surface area contributed by atoms with Crippen molar-refractivity contribution in [2.45, 2.75) is 25.5 Å². The lowest BCUT2D eigenvalue weighted by Gasteiger charge is -2.16. The van der Waals surface area contributed by atoms with Crippen LogP contribution in [-0.4, -0.2) is 24.8 Å². The lowest BCUT2D eigenvalue weighted by Crippen LogP contribution is -2.20. The van der Waals surface area contributed by atoms with Crippen LogP contribution in [-0.2, 0) is 4.74 Å². The Hall–Kier alpha value is -1.42. The van der Waals surface area contributed by atoms with Crippen LogP contribution in [0.3, 0.4) is 0 Å². The van der Waals surface area contributed by atoms with Gasteiger partial charge in [-0.2, -0.15) is 0 Å².